The molecule has 0 spiro atoms. The van der Waals surface area contributed by atoms with Crippen LogP contribution >= 0.6 is 0 Å². The molecule has 0 amide bonds. The third kappa shape index (κ3) is 1.55. The summed E-state index contributed by atoms with van der Waals surface area (Å²) in [4.78, 5) is 4.48. The van der Waals surface area contributed by atoms with Crippen LogP contribution in [-0.2, 0) is 0 Å². The quantitative estimate of drug-likeness (QED) is 0.715. The second-order valence-corrected chi connectivity index (χ2v) is 3.46. The van der Waals surface area contributed by atoms with Crippen molar-refractivity contribution in [3.05, 3.63) is 47.2 Å². The molecule has 1 aliphatic heterocycles. The van der Waals surface area contributed by atoms with Crippen molar-refractivity contribution in [3.63, 3.8) is 0 Å². The maximum absolute atomic E-state index is 4.48. The van der Waals surface area contributed by atoms with Gasteiger partial charge in [0.2, 0.25) is 0 Å². The van der Waals surface area contributed by atoms with Crippen molar-refractivity contribution in [2.75, 3.05) is 6.67 Å². The van der Waals surface area contributed by atoms with Crippen LogP contribution in [-0.4, -0.2) is 12.4 Å². The molecule has 2 nitrogen and oxygen atoms in total. The van der Waals surface area contributed by atoms with Crippen LogP contribution in [0.15, 0.2) is 46.6 Å². The summed E-state index contributed by atoms with van der Waals surface area (Å²) >= 11 is 0. The molecular weight excluding hydrogens is 172 g/mol. The van der Waals surface area contributed by atoms with Gasteiger partial charge in [-0.2, -0.15) is 0 Å². The van der Waals surface area contributed by atoms with E-state index < -0.39 is 0 Å². The van der Waals surface area contributed by atoms with Crippen molar-refractivity contribution in [3.8, 4) is 0 Å². The first-order valence-corrected chi connectivity index (χ1v) is 4.80. The Hall–Kier alpha value is -1.57. The monoisotopic (exact) mass is 186 g/mol. The molecular formula is C12H14N2. The molecule has 2 rings (SSSR count). The molecule has 14 heavy (non-hydrogen) atoms. The molecule has 1 heterocycles. The standard InChI is InChI=1S/C12H14N2/c1-9-10(2)13-8-14-12(9)11-6-4-3-5-7-11/h3-7,13H,8H2,1-2H3. The van der Waals surface area contributed by atoms with Crippen LogP contribution in [0, 0.1) is 0 Å². The lowest BCUT2D eigenvalue weighted by molar-refractivity contribution is 0.803. The lowest BCUT2D eigenvalue weighted by atomic mass is 10.0. The van der Waals surface area contributed by atoms with E-state index in [1.807, 2.05) is 18.2 Å². The van der Waals surface area contributed by atoms with Gasteiger partial charge in [0.1, 0.15) is 6.67 Å². The van der Waals surface area contributed by atoms with Gasteiger partial charge in [-0.15, -0.1) is 0 Å². The van der Waals surface area contributed by atoms with Crippen LogP contribution in [0.1, 0.15) is 19.4 Å². The van der Waals surface area contributed by atoms with E-state index in [-0.39, 0.29) is 0 Å². The van der Waals surface area contributed by atoms with Crippen molar-refractivity contribution in [1.82, 2.24) is 5.32 Å². The molecule has 0 atom stereocenters. The molecule has 2 heteroatoms. The summed E-state index contributed by atoms with van der Waals surface area (Å²) < 4.78 is 0. The van der Waals surface area contributed by atoms with Crippen LogP contribution in [0.25, 0.3) is 0 Å². The zero-order valence-electron chi connectivity index (χ0n) is 8.54. The first-order chi connectivity index (χ1) is 6.79. The molecule has 0 fully saturated rings. The lowest BCUT2D eigenvalue weighted by Crippen LogP contribution is -2.22. The molecule has 0 aromatic heterocycles. The van der Waals surface area contributed by atoms with Crippen molar-refractivity contribution in [2.45, 2.75) is 13.8 Å². The molecule has 0 bridgehead atoms. The van der Waals surface area contributed by atoms with Gasteiger partial charge in [0, 0.05) is 11.3 Å². The van der Waals surface area contributed by atoms with Gasteiger partial charge in [-0.3, -0.25) is 4.99 Å². The zero-order valence-corrected chi connectivity index (χ0v) is 8.54. The number of benzene rings is 1. The van der Waals surface area contributed by atoms with Crippen molar-refractivity contribution < 1.29 is 0 Å². The van der Waals surface area contributed by atoms with Gasteiger partial charge in [0.15, 0.2) is 0 Å². The van der Waals surface area contributed by atoms with Gasteiger partial charge in [-0.25, -0.2) is 0 Å². The smallest absolute Gasteiger partial charge is 0.108 e. The summed E-state index contributed by atoms with van der Waals surface area (Å²) in [6.45, 7) is 4.88. The Kier molecular flexibility index (Phi) is 2.35. The van der Waals surface area contributed by atoms with Gasteiger partial charge < -0.3 is 5.32 Å². The van der Waals surface area contributed by atoms with E-state index in [0.717, 1.165) is 5.71 Å². The molecule has 72 valence electrons. The summed E-state index contributed by atoms with van der Waals surface area (Å²) in [6.07, 6.45) is 0. The summed E-state index contributed by atoms with van der Waals surface area (Å²) in [5.41, 5.74) is 4.77. The predicted molar refractivity (Wildman–Crippen MR) is 59.4 cm³/mol. The zero-order chi connectivity index (χ0) is 9.97. The SMILES string of the molecule is CC1=C(C)C(c2ccccc2)=NCN1. The first-order valence-electron chi connectivity index (χ1n) is 4.80. The van der Waals surface area contributed by atoms with Crippen LogP contribution in [0.4, 0.5) is 0 Å². The Balaban J connectivity index is 2.41. The van der Waals surface area contributed by atoms with Crippen molar-refractivity contribution in [1.29, 1.82) is 0 Å². The summed E-state index contributed by atoms with van der Waals surface area (Å²) in [6, 6.07) is 10.3. The van der Waals surface area contributed by atoms with Gasteiger partial charge in [-0.05, 0) is 19.4 Å². The Bertz CT molecular complexity index is 388. The highest BCUT2D eigenvalue weighted by Crippen LogP contribution is 2.14. The van der Waals surface area contributed by atoms with E-state index in [9.17, 15) is 0 Å². The number of hydrogen-bond donors (Lipinski definition) is 1. The van der Waals surface area contributed by atoms with Gasteiger partial charge in [0.25, 0.3) is 0 Å². The van der Waals surface area contributed by atoms with Gasteiger partial charge >= 0.3 is 0 Å². The highest BCUT2D eigenvalue weighted by molar-refractivity contribution is 6.12. The molecule has 1 aliphatic rings. The van der Waals surface area contributed by atoms with Gasteiger partial charge in [0.05, 0.1) is 5.71 Å². The van der Waals surface area contributed by atoms with Crippen molar-refractivity contribution >= 4 is 5.71 Å². The lowest BCUT2D eigenvalue weighted by Gasteiger charge is -2.17. The Morgan fingerprint density at radius 3 is 2.57 bits per heavy atom. The third-order valence-corrected chi connectivity index (χ3v) is 2.55. The first kappa shape index (κ1) is 9.00. The second kappa shape index (κ2) is 3.66. The average molecular weight is 186 g/mol. The maximum atomic E-state index is 4.48. The normalized spacial score (nSPS) is 16.3. The summed E-state index contributed by atoms with van der Waals surface area (Å²) in [5, 5.41) is 3.22. The largest absolute Gasteiger partial charge is 0.370 e. The maximum Gasteiger partial charge on any atom is 0.108 e. The van der Waals surface area contributed by atoms with E-state index in [2.05, 4.69) is 36.3 Å². The number of nitrogens with zero attached hydrogens (tertiary/aromatic N) is 1. The van der Waals surface area contributed by atoms with Gasteiger partial charge in [-0.1, -0.05) is 30.3 Å². The van der Waals surface area contributed by atoms with Crippen LogP contribution < -0.4 is 5.32 Å². The molecule has 0 aliphatic carbocycles. The minimum Gasteiger partial charge on any atom is -0.370 e. The molecule has 1 N–H and O–H groups in total. The topological polar surface area (TPSA) is 24.4 Å². The fraction of sp³-hybridized carbons (Fsp3) is 0.250. The predicted octanol–water partition coefficient (Wildman–Crippen LogP) is 2.33. The summed E-state index contributed by atoms with van der Waals surface area (Å²) in [5.74, 6) is 0. The molecule has 0 radical (unpaired) electrons. The van der Waals surface area contributed by atoms with E-state index in [0.29, 0.717) is 6.67 Å². The average Bonchev–Trinajstić information content (AvgIpc) is 2.23. The van der Waals surface area contributed by atoms with E-state index in [1.54, 1.807) is 0 Å². The number of aliphatic imine (C=N–C) groups is 1. The molecule has 1 aromatic rings. The Morgan fingerprint density at radius 1 is 1.14 bits per heavy atom. The number of nitrogens with one attached hydrogen (secondary N) is 1. The third-order valence-electron chi connectivity index (χ3n) is 2.55. The Labute approximate surface area is 84.4 Å². The fourth-order valence-corrected chi connectivity index (χ4v) is 1.57. The van der Waals surface area contributed by atoms with E-state index in [4.69, 9.17) is 0 Å². The molecule has 1 aromatic carbocycles. The number of hydrogen-bond acceptors (Lipinski definition) is 2. The summed E-state index contributed by atoms with van der Waals surface area (Å²) in [7, 11) is 0. The van der Waals surface area contributed by atoms with Crippen molar-refractivity contribution in [2.24, 2.45) is 4.99 Å². The van der Waals surface area contributed by atoms with Crippen LogP contribution in [0.5, 0.6) is 0 Å². The van der Waals surface area contributed by atoms with Crippen LogP contribution in [0.2, 0.25) is 0 Å². The van der Waals surface area contributed by atoms with Crippen LogP contribution in [0.3, 0.4) is 0 Å². The Morgan fingerprint density at radius 2 is 1.86 bits per heavy atom. The highest BCUT2D eigenvalue weighted by Gasteiger charge is 2.11. The number of allylic oxidation sites excluding steroid dienone is 2. The highest BCUT2D eigenvalue weighted by atomic mass is 15.0. The molecule has 0 unspecified atom stereocenters. The second-order valence-electron chi connectivity index (χ2n) is 3.46. The van der Waals surface area contributed by atoms with E-state index >= 15 is 0 Å². The van der Waals surface area contributed by atoms with E-state index in [1.165, 1.54) is 16.8 Å². The molecule has 0 saturated carbocycles. The fourth-order valence-electron chi connectivity index (χ4n) is 1.57. The minimum absolute atomic E-state index is 0.688. The molecule has 0 saturated heterocycles. The number of rotatable bonds is 1. The minimum atomic E-state index is 0.688.